The first-order chi connectivity index (χ1) is 9.99. The number of benzene rings is 2. The van der Waals surface area contributed by atoms with E-state index in [1.165, 1.54) is 6.07 Å². The second kappa shape index (κ2) is 5.11. The molecule has 4 heteroatoms. The first-order valence-electron chi connectivity index (χ1n) is 6.53. The van der Waals surface area contributed by atoms with Gasteiger partial charge in [0.25, 0.3) is 0 Å². The maximum absolute atomic E-state index is 13.6. The minimum absolute atomic E-state index is 0.184. The minimum atomic E-state index is -0.433. The van der Waals surface area contributed by atoms with Gasteiger partial charge in [-0.2, -0.15) is 0 Å². The molecule has 0 saturated heterocycles. The maximum Gasteiger partial charge on any atom is 0.196 e. The summed E-state index contributed by atoms with van der Waals surface area (Å²) < 4.78 is 15.7. The summed E-state index contributed by atoms with van der Waals surface area (Å²) in [7, 11) is 1.90. The highest BCUT2D eigenvalue weighted by atomic mass is 79.9. The van der Waals surface area contributed by atoms with E-state index in [-0.39, 0.29) is 10.3 Å². The third kappa shape index (κ3) is 2.29. The molecule has 0 aliphatic rings. The van der Waals surface area contributed by atoms with Gasteiger partial charge in [-0.05, 0) is 46.6 Å². The van der Waals surface area contributed by atoms with Gasteiger partial charge in [0.2, 0.25) is 0 Å². The Morgan fingerprint density at radius 3 is 2.71 bits per heavy atom. The zero-order chi connectivity index (χ0) is 15.1. The van der Waals surface area contributed by atoms with Crippen LogP contribution in [0.5, 0.6) is 0 Å². The largest absolute Gasteiger partial charge is 0.350 e. The molecule has 2 aromatic carbocycles. The lowest BCUT2D eigenvalue weighted by atomic mass is 10.0. The Balaban J connectivity index is 2.21. The highest BCUT2D eigenvalue weighted by molar-refractivity contribution is 9.10. The number of aryl methyl sites for hydroxylation is 2. The second-order valence-corrected chi connectivity index (χ2v) is 5.90. The molecule has 21 heavy (non-hydrogen) atoms. The van der Waals surface area contributed by atoms with Gasteiger partial charge in [0.15, 0.2) is 5.78 Å². The third-order valence-corrected chi connectivity index (χ3v) is 4.39. The summed E-state index contributed by atoms with van der Waals surface area (Å²) in [5, 5.41) is 0.879. The molecular formula is C17H13BrFNO. The van der Waals surface area contributed by atoms with Gasteiger partial charge < -0.3 is 4.57 Å². The predicted octanol–water partition coefficient (Wildman–Crippen LogP) is 4.62. The van der Waals surface area contributed by atoms with Crippen LogP contribution in [0.2, 0.25) is 0 Å². The summed E-state index contributed by atoms with van der Waals surface area (Å²) in [6.45, 7) is 2.01. The number of halogens is 2. The average molecular weight is 346 g/mol. The van der Waals surface area contributed by atoms with Crippen molar-refractivity contribution >= 4 is 32.6 Å². The minimum Gasteiger partial charge on any atom is -0.350 e. The van der Waals surface area contributed by atoms with Crippen LogP contribution in [0.15, 0.2) is 47.1 Å². The standard InChI is InChI=1S/C17H13BrFNO/c1-10-6-7-11-13(9-20(2)15(11)8-10)17(21)12-4-3-5-14(19)16(12)18/h3-9H,1-2H3. The summed E-state index contributed by atoms with van der Waals surface area (Å²) in [4.78, 5) is 12.7. The normalized spacial score (nSPS) is 11.0. The number of fused-ring (bicyclic) bond motifs is 1. The van der Waals surface area contributed by atoms with Crippen LogP contribution < -0.4 is 0 Å². The van der Waals surface area contributed by atoms with Gasteiger partial charge in [-0.25, -0.2) is 4.39 Å². The Labute approximate surface area is 130 Å². The third-order valence-electron chi connectivity index (χ3n) is 3.59. The van der Waals surface area contributed by atoms with Gasteiger partial charge in [0.05, 0.1) is 4.47 Å². The van der Waals surface area contributed by atoms with E-state index in [1.54, 1.807) is 18.3 Å². The summed E-state index contributed by atoms with van der Waals surface area (Å²) in [5.41, 5.74) is 3.04. The molecule has 2 nitrogen and oxygen atoms in total. The van der Waals surface area contributed by atoms with Crippen LogP contribution in [0.25, 0.3) is 10.9 Å². The highest BCUT2D eigenvalue weighted by Crippen LogP contribution is 2.28. The van der Waals surface area contributed by atoms with E-state index in [1.807, 2.05) is 36.7 Å². The molecule has 3 rings (SSSR count). The second-order valence-electron chi connectivity index (χ2n) is 5.10. The van der Waals surface area contributed by atoms with Crippen molar-refractivity contribution < 1.29 is 9.18 Å². The zero-order valence-electron chi connectivity index (χ0n) is 11.7. The molecule has 0 aliphatic heterocycles. The Bertz CT molecular complexity index is 867. The number of hydrogen-bond acceptors (Lipinski definition) is 1. The molecule has 3 aromatic rings. The number of carbonyl (C=O) groups excluding carboxylic acids is 1. The number of ketones is 1. The molecule has 0 unspecified atom stereocenters. The number of carbonyl (C=O) groups is 1. The lowest BCUT2D eigenvalue weighted by Gasteiger charge is -2.04. The quantitative estimate of drug-likeness (QED) is 0.621. The molecule has 0 bridgehead atoms. The van der Waals surface area contributed by atoms with Crippen molar-refractivity contribution in [3.63, 3.8) is 0 Å². The van der Waals surface area contributed by atoms with Gasteiger partial charge in [-0.3, -0.25) is 4.79 Å². The van der Waals surface area contributed by atoms with Crippen LogP contribution >= 0.6 is 15.9 Å². The highest BCUT2D eigenvalue weighted by Gasteiger charge is 2.19. The van der Waals surface area contributed by atoms with Crippen molar-refractivity contribution in [1.82, 2.24) is 4.57 Å². The molecule has 0 amide bonds. The number of hydrogen-bond donors (Lipinski definition) is 0. The van der Waals surface area contributed by atoms with Crippen molar-refractivity contribution in [2.75, 3.05) is 0 Å². The van der Waals surface area contributed by atoms with Crippen molar-refractivity contribution in [1.29, 1.82) is 0 Å². The Hall–Kier alpha value is -1.94. The van der Waals surface area contributed by atoms with Crippen LogP contribution in [0.3, 0.4) is 0 Å². The van der Waals surface area contributed by atoms with Gasteiger partial charge in [-0.15, -0.1) is 0 Å². The molecule has 0 spiro atoms. The van der Waals surface area contributed by atoms with Gasteiger partial charge >= 0.3 is 0 Å². The fourth-order valence-electron chi connectivity index (χ4n) is 2.50. The van der Waals surface area contributed by atoms with E-state index >= 15 is 0 Å². The summed E-state index contributed by atoms with van der Waals surface area (Å²) in [6.07, 6.45) is 1.80. The lowest BCUT2D eigenvalue weighted by molar-refractivity contribution is 0.103. The Morgan fingerprint density at radius 2 is 1.95 bits per heavy atom. The van der Waals surface area contributed by atoms with Crippen LogP contribution in [0.1, 0.15) is 21.5 Å². The van der Waals surface area contributed by atoms with E-state index in [0.29, 0.717) is 11.1 Å². The van der Waals surface area contributed by atoms with Gasteiger partial charge in [-0.1, -0.05) is 18.2 Å². The summed E-state index contributed by atoms with van der Waals surface area (Å²) >= 11 is 3.16. The van der Waals surface area contributed by atoms with Crippen molar-refractivity contribution in [2.45, 2.75) is 6.92 Å². The maximum atomic E-state index is 13.6. The molecule has 1 heterocycles. The molecule has 0 N–H and O–H groups in total. The fourth-order valence-corrected chi connectivity index (χ4v) is 2.94. The van der Waals surface area contributed by atoms with Gasteiger partial charge in [0.1, 0.15) is 5.82 Å². The molecular weight excluding hydrogens is 333 g/mol. The Morgan fingerprint density at radius 1 is 1.19 bits per heavy atom. The molecule has 106 valence electrons. The van der Waals surface area contributed by atoms with E-state index in [4.69, 9.17) is 0 Å². The van der Waals surface area contributed by atoms with E-state index < -0.39 is 5.82 Å². The first-order valence-corrected chi connectivity index (χ1v) is 7.32. The molecule has 0 aliphatic carbocycles. The van der Waals surface area contributed by atoms with Crippen LogP contribution in [0, 0.1) is 12.7 Å². The summed E-state index contributed by atoms with van der Waals surface area (Å²) in [5.74, 6) is -0.618. The predicted molar refractivity (Wildman–Crippen MR) is 85.2 cm³/mol. The van der Waals surface area contributed by atoms with E-state index in [2.05, 4.69) is 15.9 Å². The SMILES string of the molecule is Cc1ccc2c(C(=O)c3cccc(F)c3Br)cn(C)c2c1. The average Bonchev–Trinajstić information content (AvgIpc) is 2.78. The van der Waals surface area contributed by atoms with Crippen LogP contribution in [-0.2, 0) is 7.05 Å². The molecule has 0 saturated carbocycles. The number of aromatic nitrogens is 1. The molecule has 0 atom stereocenters. The molecule has 0 radical (unpaired) electrons. The zero-order valence-corrected chi connectivity index (χ0v) is 13.2. The monoisotopic (exact) mass is 345 g/mol. The Kier molecular flexibility index (Phi) is 3.41. The van der Waals surface area contributed by atoms with E-state index in [9.17, 15) is 9.18 Å². The number of nitrogens with zero attached hydrogens (tertiary/aromatic N) is 1. The number of rotatable bonds is 2. The summed E-state index contributed by atoms with van der Waals surface area (Å²) in [6, 6.07) is 10.4. The molecule has 0 fully saturated rings. The smallest absolute Gasteiger partial charge is 0.196 e. The van der Waals surface area contributed by atoms with Crippen molar-refractivity contribution in [3.05, 3.63) is 69.6 Å². The molecule has 1 aromatic heterocycles. The lowest BCUT2D eigenvalue weighted by Crippen LogP contribution is -2.02. The van der Waals surface area contributed by atoms with Crippen molar-refractivity contribution in [2.24, 2.45) is 7.05 Å². The van der Waals surface area contributed by atoms with Crippen molar-refractivity contribution in [3.8, 4) is 0 Å². The van der Waals surface area contributed by atoms with Crippen LogP contribution in [-0.4, -0.2) is 10.4 Å². The van der Waals surface area contributed by atoms with Crippen LogP contribution in [0.4, 0.5) is 4.39 Å². The fraction of sp³-hybridized carbons (Fsp3) is 0.118. The topological polar surface area (TPSA) is 22.0 Å². The van der Waals surface area contributed by atoms with E-state index in [0.717, 1.165) is 16.5 Å². The first kappa shape index (κ1) is 14.0. The van der Waals surface area contributed by atoms with Gasteiger partial charge in [0, 0.05) is 35.3 Å².